The Balaban J connectivity index is 2.13. The van der Waals surface area contributed by atoms with Crippen molar-refractivity contribution in [2.24, 2.45) is 5.92 Å². The van der Waals surface area contributed by atoms with Crippen molar-refractivity contribution < 1.29 is 0 Å². The van der Waals surface area contributed by atoms with Crippen LogP contribution in [0.25, 0.3) is 0 Å². The van der Waals surface area contributed by atoms with Crippen LogP contribution in [0.5, 0.6) is 0 Å². The van der Waals surface area contributed by atoms with E-state index < -0.39 is 0 Å². The van der Waals surface area contributed by atoms with Crippen LogP contribution in [-0.2, 0) is 0 Å². The van der Waals surface area contributed by atoms with Crippen LogP contribution in [0.1, 0.15) is 44.7 Å². The van der Waals surface area contributed by atoms with Gasteiger partial charge in [-0.1, -0.05) is 26.2 Å². The normalized spacial score (nSPS) is 23.4. The first-order chi connectivity index (χ1) is 8.76. The summed E-state index contributed by atoms with van der Waals surface area (Å²) in [6.45, 7) is 2.27. The fraction of sp³-hybridized carbons (Fsp3) is 0.643. The van der Waals surface area contributed by atoms with Crippen LogP contribution in [0.3, 0.4) is 0 Å². The third-order valence-electron chi connectivity index (χ3n) is 4.00. The van der Waals surface area contributed by atoms with Gasteiger partial charge in [0.05, 0.1) is 12.4 Å². The van der Waals surface area contributed by atoms with Gasteiger partial charge in [0, 0.05) is 13.1 Å². The van der Waals surface area contributed by atoms with Crippen LogP contribution in [0.15, 0.2) is 12.4 Å². The predicted molar refractivity (Wildman–Crippen MR) is 71.2 cm³/mol. The Morgan fingerprint density at radius 1 is 1.33 bits per heavy atom. The summed E-state index contributed by atoms with van der Waals surface area (Å²) in [7, 11) is 2.09. The van der Waals surface area contributed by atoms with Gasteiger partial charge >= 0.3 is 0 Å². The molecule has 2 rings (SSSR count). The van der Waals surface area contributed by atoms with E-state index in [0.717, 1.165) is 11.7 Å². The lowest BCUT2D eigenvalue weighted by atomic mass is 9.82. The monoisotopic (exact) mass is 244 g/mol. The minimum Gasteiger partial charge on any atom is -0.355 e. The van der Waals surface area contributed by atoms with E-state index in [1.54, 1.807) is 12.4 Å². The van der Waals surface area contributed by atoms with E-state index in [0.29, 0.717) is 11.7 Å². The summed E-state index contributed by atoms with van der Waals surface area (Å²) in [5, 5.41) is 8.73. The zero-order chi connectivity index (χ0) is 13.0. The molecule has 96 valence electrons. The van der Waals surface area contributed by atoms with Crippen molar-refractivity contribution in [2.45, 2.75) is 45.1 Å². The van der Waals surface area contributed by atoms with Crippen molar-refractivity contribution in [3.63, 3.8) is 0 Å². The van der Waals surface area contributed by atoms with Gasteiger partial charge in [0.15, 0.2) is 5.69 Å². The summed E-state index contributed by atoms with van der Waals surface area (Å²) in [6.07, 6.45) is 9.68. The van der Waals surface area contributed by atoms with Gasteiger partial charge in [-0.3, -0.25) is 0 Å². The lowest BCUT2D eigenvalue weighted by Crippen LogP contribution is -2.40. The summed E-state index contributed by atoms with van der Waals surface area (Å²) in [6, 6.07) is 2.56. The van der Waals surface area contributed by atoms with Crippen LogP contribution in [0.2, 0.25) is 0 Å². The first kappa shape index (κ1) is 12.8. The zero-order valence-electron chi connectivity index (χ0n) is 11.1. The molecule has 1 saturated carbocycles. The first-order valence-electron chi connectivity index (χ1n) is 6.71. The van der Waals surface area contributed by atoms with Crippen molar-refractivity contribution in [3.05, 3.63) is 18.1 Å². The van der Waals surface area contributed by atoms with E-state index in [4.69, 9.17) is 5.26 Å². The summed E-state index contributed by atoms with van der Waals surface area (Å²) in [4.78, 5) is 10.7. The Bertz CT molecular complexity index is 420. The smallest absolute Gasteiger partial charge is 0.158 e. The molecule has 2 atom stereocenters. The molecule has 0 aliphatic heterocycles. The van der Waals surface area contributed by atoms with Gasteiger partial charge in [0.1, 0.15) is 11.9 Å². The van der Waals surface area contributed by atoms with E-state index in [9.17, 15) is 0 Å². The topological polar surface area (TPSA) is 52.8 Å². The molecule has 0 saturated heterocycles. The number of hydrogen-bond acceptors (Lipinski definition) is 4. The maximum absolute atomic E-state index is 8.73. The molecule has 1 aromatic rings. The summed E-state index contributed by atoms with van der Waals surface area (Å²) in [5.41, 5.74) is 0.378. The van der Waals surface area contributed by atoms with Crippen molar-refractivity contribution >= 4 is 5.82 Å². The number of anilines is 1. The van der Waals surface area contributed by atoms with E-state index in [1.165, 1.54) is 32.1 Å². The molecule has 4 heteroatoms. The van der Waals surface area contributed by atoms with Gasteiger partial charge in [0.2, 0.25) is 0 Å². The van der Waals surface area contributed by atoms with Gasteiger partial charge < -0.3 is 4.90 Å². The van der Waals surface area contributed by atoms with Crippen LogP contribution in [0.4, 0.5) is 5.82 Å². The molecule has 18 heavy (non-hydrogen) atoms. The molecule has 0 N–H and O–H groups in total. The number of aromatic nitrogens is 2. The molecule has 1 fully saturated rings. The van der Waals surface area contributed by atoms with Crippen molar-refractivity contribution in [3.8, 4) is 6.07 Å². The molecule has 1 aromatic heterocycles. The quantitative estimate of drug-likeness (QED) is 0.820. The highest BCUT2D eigenvalue weighted by Gasteiger charge is 2.27. The third kappa shape index (κ3) is 2.61. The highest BCUT2D eigenvalue weighted by atomic mass is 15.2. The second-order valence-corrected chi connectivity index (χ2v) is 5.00. The highest BCUT2D eigenvalue weighted by molar-refractivity contribution is 5.37. The van der Waals surface area contributed by atoms with Crippen molar-refractivity contribution in [1.29, 1.82) is 5.26 Å². The average molecular weight is 244 g/mol. The Morgan fingerprint density at radius 2 is 2.11 bits per heavy atom. The van der Waals surface area contributed by atoms with E-state index in [1.807, 2.05) is 6.07 Å². The Labute approximate surface area is 109 Å². The molecular formula is C14H20N4. The van der Waals surface area contributed by atoms with E-state index in [2.05, 4.69) is 28.8 Å². The minimum atomic E-state index is 0.378. The lowest BCUT2D eigenvalue weighted by molar-refractivity contribution is 0.291. The standard InChI is InChI=1S/C14H20N4/c1-3-11-6-4-5-7-13(11)18(2)14-10-16-12(8-15)9-17-14/h9-11,13H,3-7H2,1-2H3. The fourth-order valence-electron chi connectivity index (χ4n) is 2.91. The third-order valence-corrected chi connectivity index (χ3v) is 4.00. The summed E-state index contributed by atoms with van der Waals surface area (Å²) < 4.78 is 0. The minimum absolute atomic E-state index is 0.378. The summed E-state index contributed by atoms with van der Waals surface area (Å²) in [5.74, 6) is 1.63. The molecule has 4 nitrogen and oxygen atoms in total. The van der Waals surface area contributed by atoms with Crippen LogP contribution >= 0.6 is 0 Å². The number of nitrogens with zero attached hydrogens (tertiary/aromatic N) is 4. The largest absolute Gasteiger partial charge is 0.355 e. The molecule has 0 amide bonds. The molecule has 0 aromatic carbocycles. The Kier molecular flexibility index (Phi) is 4.14. The van der Waals surface area contributed by atoms with Gasteiger partial charge in [-0.2, -0.15) is 5.26 Å². The predicted octanol–water partition coefficient (Wildman–Crippen LogP) is 2.75. The SMILES string of the molecule is CCC1CCCCC1N(C)c1cnc(C#N)cn1. The highest BCUT2D eigenvalue weighted by Crippen LogP contribution is 2.31. The molecule has 0 spiro atoms. The number of rotatable bonds is 3. The average Bonchev–Trinajstić information content (AvgIpc) is 2.46. The number of hydrogen-bond donors (Lipinski definition) is 0. The maximum Gasteiger partial charge on any atom is 0.158 e. The number of nitriles is 1. The van der Waals surface area contributed by atoms with Gasteiger partial charge in [-0.15, -0.1) is 0 Å². The zero-order valence-corrected chi connectivity index (χ0v) is 11.1. The lowest BCUT2D eigenvalue weighted by Gasteiger charge is -2.38. The molecule has 2 unspecified atom stereocenters. The van der Waals surface area contributed by atoms with Crippen LogP contribution < -0.4 is 4.90 Å². The summed E-state index contributed by atoms with van der Waals surface area (Å²) >= 11 is 0. The Morgan fingerprint density at radius 3 is 2.72 bits per heavy atom. The van der Waals surface area contributed by atoms with Crippen LogP contribution in [0, 0.1) is 17.2 Å². The molecule has 0 bridgehead atoms. The second kappa shape index (κ2) is 5.81. The second-order valence-electron chi connectivity index (χ2n) is 5.00. The van der Waals surface area contributed by atoms with Crippen molar-refractivity contribution in [2.75, 3.05) is 11.9 Å². The maximum atomic E-state index is 8.73. The van der Waals surface area contributed by atoms with Gasteiger partial charge in [-0.05, 0) is 18.8 Å². The fourth-order valence-corrected chi connectivity index (χ4v) is 2.91. The Hall–Kier alpha value is -1.63. The molecule has 0 radical (unpaired) electrons. The van der Waals surface area contributed by atoms with Crippen LogP contribution in [-0.4, -0.2) is 23.1 Å². The van der Waals surface area contributed by atoms with E-state index >= 15 is 0 Å². The van der Waals surface area contributed by atoms with Crippen molar-refractivity contribution in [1.82, 2.24) is 9.97 Å². The molecule has 1 aliphatic carbocycles. The van der Waals surface area contributed by atoms with E-state index in [-0.39, 0.29) is 0 Å². The van der Waals surface area contributed by atoms with Gasteiger partial charge in [0.25, 0.3) is 0 Å². The molecule has 1 aliphatic rings. The molecular weight excluding hydrogens is 224 g/mol. The first-order valence-corrected chi connectivity index (χ1v) is 6.71. The van der Waals surface area contributed by atoms with Gasteiger partial charge in [-0.25, -0.2) is 9.97 Å². The molecule has 1 heterocycles.